The van der Waals surface area contributed by atoms with E-state index in [0.717, 1.165) is 17.0 Å². The molecule has 1 aromatic rings. The third-order valence-electron chi connectivity index (χ3n) is 2.69. The highest BCUT2D eigenvalue weighted by molar-refractivity contribution is 8.00. The molecule has 0 saturated carbocycles. The third kappa shape index (κ3) is 3.50. The first-order valence-corrected chi connectivity index (χ1v) is 6.96. The van der Waals surface area contributed by atoms with E-state index < -0.39 is 0 Å². The van der Waals surface area contributed by atoms with Crippen molar-refractivity contribution in [2.75, 3.05) is 17.6 Å². The van der Waals surface area contributed by atoms with E-state index in [1.54, 1.807) is 11.8 Å². The van der Waals surface area contributed by atoms with Gasteiger partial charge in [0.25, 0.3) is 0 Å². The molecule has 0 unspecified atom stereocenters. The van der Waals surface area contributed by atoms with Crippen LogP contribution in [-0.4, -0.2) is 29.4 Å². The van der Waals surface area contributed by atoms with E-state index in [2.05, 4.69) is 10.6 Å². The molecule has 1 aliphatic heterocycles. The van der Waals surface area contributed by atoms with Gasteiger partial charge >= 0.3 is 0 Å². The molecule has 0 radical (unpaired) electrons. The number of rotatable bonds is 3. The van der Waals surface area contributed by atoms with Gasteiger partial charge in [-0.15, -0.1) is 11.8 Å². The Labute approximate surface area is 111 Å². The van der Waals surface area contributed by atoms with E-state index in [-0.39, 0.29) is 23.5 Å². The van der Waals surface area contributed by atoms with Crippen molar-refractivity contribution in [2.24, 2.45) is 0 Å². The molecule has 1 heterocycles. The number of nitrogens with one attached hydrogen (secondary N) is 2. The molecular weight excluding hydrogens is 248 g/mol. The summed E-state index contributed by atoms with van der Waals surface area (Å²) in [6.07, 6.45) is 0.227. The summed E-state index contributed by atoms with van der Waals surface area (Å²) < 4.78 is 0. The summed E-state index contributed by atoms with van der Waals surface area (Å²) in [7, 11) is 0. The molecule has 5 heteroatoms. The number of carbonyl (C=O) groups excluding carboxylic acids is 2. The van der Waals surface area contributed by atoms with Crippen LogP contribution in [0.2, 0.25) is 0 Å². The number of benzene rings is 1. The standard InChI is InChI=1S/C13H16N2O2S/c1-9-3-2-4-10(7-9)15-12(16)8-11-13(17)14-5-6-18-11/h2-4,7,11H,5-6,8H2,1H3,(H,14,17)(H,15,16)/t11-/m0/s1. The largest absolute Gasteiger partial charge is 0.354 e. The maximum atomic E-state index is 11.8. The number of hydrogen-bond acceptors (Lipinski definition) is 3. The molecule has 1 fully saturated rings. The highest BCUT2D eigenvalue weighted by atomic mass is 32.2. The summed E-state index contributed by atoms with van der Waals surface area (Å²) in [6.45, 7) is 2.67. The average molecular weight is 264 g/mol. The highest BCUT2D eigenvalue weighted by Gasteiger charge is 2.25. The summed E-state index contributed by atoms with van der Waals surface area (Å²) in [5.41, 5.74) is 1.87. The molecule has 0 aromatic heterocycles. The average Bonchev–Trinajstić information content (AvgIpc) is 2.32. The lowest BCUT2D eigenvalue weighted by Gasteiger charge is -2.20. The molecule has 1 aromatic carbocycles. The number of aryl methyl sites for hydroxylation is 1. The summed E-state index contributed by atoms with van der Waals surface area (Å²) in [6, 6.07) is 7.62. The van der Waals surface area contributed by atoms with Crippen molar-refractivity contribution >= 4 is 29.3 Å². The van der Waals surface area contributed by atoms with Gasteiger partial charge in [0.2, 0.25) is 11.8 Å². The fourth-order valence-corrected chi connectivity index (χ4v) is 2.83. The van der Waals surface area contributed by atoms with Crippen LogP contribution in [0.5, 0.6) is 0 Å². The van der Waals surface area contributed by atoms with Gasteiger partial charge in [0.15, 0.2) is 0 Å². The normalized spacial score (nSPS) is 19.2. The molecule has 96 valence electrons. The van der Waals surface area contributed by atoms with Gasteiger partial charge in [-0.25, -0.2) is 0 Å². The smallest absolute Gasteiger partial charge is 0.233 e. The second-order valence-electron chi connectivity index (χ2n) is 4.27. The Morgan fingerprint density at radius 1 is 1.56 bits per heavy atom. The molecule has 2 N–H and O–H groups in total. The van der Waals surface area contributed by atoms with Gasteiger partial charge in [0, 0.05) is 24.4 Å². The van der Waals surface area contributed by atoms with E-state index in [1.807, 2.05) is 31.2 Å². The van der Waals surface area contributed by atoms with E-state index in [1.165, 1.54) is 0 Å². The maximum absolute atomic E-state index is 11.8. The Balaban J connectivity index is 1.90. The van der Waals surface area contributed by atoms with Crippen LogP contribution in [0.25, 0.3) is 0 Å². The van der Waals surface area contributed by atoms with E-state index in [0.29, 0.717) is 6.54 Å². The van der Waals surface area contributed by atoms with E-state index in [4.69, 9.17) is 0 Å². The molecule has 1 saturated heterocycles. The van der Waals surface area contributed by atoms with Crippen molar-refractivity contribution in [2.45, 2.75) is 18.6 Å². The number of hydrogen-bond donors (Lipinski definition) is 2. The zero-order chi connectivity index (χ0) is 13.0. The lowest BCUT2D eigenvalue weighted by molar-refractivity contribution is -0.123. The van der Waals surface area contributed by atoms with Crippen LogP contribution in [0.3, 0.4) is 0 Å². The Morgan fingerprint density at radius 2 is 2.39 bits per heavy atom. The lowest BCUT2D eigenvalue weighted by atomic mass is 10.2. The zero-order valence-corrected chi connectivity index (χ0v) is 11.0. The molecule has 4 nitrogen and oxygen atoms in total. The van der Waals surface area contributed by atoms with Crippen LogP contribution in [0.4, 0.5) is 5.69 Å². The van der Waals surface area contributed by atoms with Crippen molar-refractivity contribution in [3.05, 3.63) is 29.8 Å². The van der Waals surface area contributed by atoms with Crippen LogP contribution >= 0.6 is 11.8 Å². The summed E-state index contributed by atoms with van der Waals surface area (Å²) in [5, 5.41) is 5.33. The molecule has 2 rings (SSSR count). The van der Waals surface area contributed by atoms with Gasteiger partial charge < -0.3 is 10.6 Å². The quantitative estimate of drug-likeness (QED) is 0.871. The molecule has 0 spiro atoms. The van der Waals surface area contributed by atoms with Crippen LogP contribution in [0, 0.1) is 6.92 Å². The molecule has 2 amide bonds. The first kappa shape index (κ1) is 13.0. The van der Waals surface area contributed by atoms with Gasteiger partial charge in [-0.3, -0.25) is 9.59 Å². The predicted molar refractivity (Wildman–Crippen MR) is 73.7 cm³/mol. The minimum Gasteiger partial charge on any atom is -0.354 e. The molecular formula is C13H16N2O2S. The Morgan fingerprint density at radius 3 is 3.11 bits per heavy atom. The van der Waals surface area contributed by atoms with E-state index >= 15 is 0 Å². The van der Waals surface area contributed by atoms with Crippen molar-refractivity contribution in [3.63, 3.8) is 0 Å². The molecule has 0 aliphatic carbocycles. The van der Waals surface area contributed by atoms with Crippen LogP contribution in [-0.2, 0) is 9.59 Å². The summed E-state index contributed by atoms with van der Waals surface area (Å²) in [4.78, 5) is 23.4. The van der Waals surface area contributed by atoms with Gasteiger partial charge in [-0.05, 0) is 24.6 Å². The van der Waals surface area contributed by atoms with E-state index in [9.17, 15) is 9.59 Å². The second kappa shape index (κ2) is 5.91. The number of carbonyl (C=O) groups is 2. The maximum Gasteiger partial charge on any atom is 0.233 e. The molecule has 0 bridgehead atoms. The first-order valence-electron chi connectivity index (χ1n) is 5.91. The highest BCUT2D eigenvalue weighted by Crippen LogP contribution is 2.19. The fraction of sp³-hybridized carbons (Fsp3) is 0.385. The van der Waals surface area contributed by atoms with Crippen molar-refractivity contribution in [1.82, 2.24) is 5.32 Å². The number of amides is 2. The number of anilines is 1. The lowest BCUT2D eigenvalue weighted by Crippen LogP contribution is -2.40. The minimum atomic E-state index is -0.261. The summed E-state index contributed by atoms with van der Waals surface area (Å²) >= 11 is 1.54. The van der Waals surface area contributed by atoms with Crippen molar-refractivity contribution in [1.29, 1.82) is 0 Å². The minimum absolute atomic E-state index is 0.0364. The fourth-order valence-electron chi connectivity index (χ4n) is 1.82. The van der Waals surface area contributed by atoms with Gasteiger partial charge in [-0.1, -0.05) is 12.1 Å². The van der Waals surface area contributed by atoms with Gasteiger partial charge in [0.1, 0.15) is 0 Å². The topological polar surface area (TPSA) is 58.2 Å². The van der Waals surface area contributed by atoms with Crippen LogP contribution < -0.4 is 10.6 Å². The van der Waals surface area contributed by atoms with Crippen molar-refractivity contribution in [3.8, 4) is 0 Å². The van der Waals surface area contributed by atoms with Crippen LogP contribution in [0.1, 0.15) is 12.0 Å². The molecule has 18 heavy (non-hydrogen) atoms. The molecule has 1 aliphatic rings. The van der Waals surface area contributed by atoms with Crippen molar-refractivity contribution < 1.29 is 9.59 Å². The van der Waals surface area contributed by atoms with Gasteiger partial charge in [0.05, 0.1) is 5.25 Å². The number of thioether (sulfide) groups is 1. The Kier molecular flexibility index (Phi) is 4.25. The SMILES string of the molecule is Cc1cccc(NC(=O)C[C@@H]2SCCNC2=O)c1. The molecule has 1 atom stereocenters. The first-order chi connectivity index (χ1) is 8.65. The monoisotopic (exact) mass is 264 g/mol. The Bertz CT molecular complexity index is 462. The predicted octanol–water partition coefficient (Wildman–Crippen LogP) is 1.56. The van der Waals surface area contributed by atoms with Crippen LogP contribution in [0.15, 0.2) is 24.3 Å². The van der Waals surface area contributed by atoms with Gasteiger partial charge in [-0.2, -0.15) is 0 Å². The third-order valence-corrected chi connectivity index (χ3v) is 3.91. The second-order valence-corrected chi connectivity index (χ2v) is 5.58. The zero-order valence-electron chi connectivity index (χ0n) is 10.2. The Hall–Kier alpha value is -1.49. The summed E-state index contributed by atoms with van der Waals surface area (Å²) in [5.74, 6) is 0.717.